The highest BCUT2D eigenvalue weighted by Crippen LogP contribution is 2.19. The van der Waals surface area contributed by atoms with Crippen LogP contribution in [0.4, 0.5) is 4.39 Å². The van der Waals surface area contributed by atoms with Crippen molar-refractivity contribution in [1.82, 2.24) is 5.32 Å². The van der Waals surface area contributed by atoms with Gasteiger partial charge in [-0.05, 0) is 41.8 Å². The van der Waals surface area contributed by atoms with Gasteiger partial charge in [0.05, 0.1) is 17.4 Å². The molecule has 24 heavy (non-hydrogen) atoms. The van der Waals surface area contributed by atoms with Gasteiger partial charge in [0.15, 0.2) is 9.84 Å². The summed E-state index contributed by atoms with van der Waals surface area (Å²) in [7, 11) is -3.24. The molecule has 0 fully saturated rings. The summed E-state index contributed by atoms with van der Waals surface area (Å²) in [6.07, 6.45) is 2.00. The second-order valence-corrected chi connectivity index (χ2v) is 7.69. The largest absolute Gasteiger partial charge is 0.349 e. The van der Waals surface area contributed by atoms with Crippen LogP contribution in [0.5, 0.6) is 0 Å². The van der Waals surface area contributed by atoms with E-state index in [0.29, 0.717) is 6.42 Å². The number of carbonyl (C=O) groups is 1. The first-order valence-electron chi connectivity index (χ1n) is 7.63. The van der Waals surface area contributed by atoms with Gasteiger partial charge < -0.3 is 5.32 Å². The van der Waals surface area contributed by atoms with Crippen LogP contribution in [0.2, 0.25) is 0 Å². The maximum Gasteiger partial charge on any atom is 0.224 e. The second-order valence-electron chi connectivity index (χ2n) is 5.67. The zero-order chi connectivity index (χ0) is 17.7. The van der Waals surface area contributed by atoms with Crippen molar-refractivity contribution in [2.24, 2.45) is 0 Å². The molecule has 4 nitrogen and oxygen atoms in total. The van der Waals surface area contributed by atoms with Gasteiger partial charge in [0, 0.05) is 6.26 Å². The van der Waals surface area contributed by atoms with E-state index in [1.165, 1.54) is 12.1 Å². The lowest BCUT2D eigenvalue weighted by atomic mass is 10.0. The van der Waals surface area contributed by atoms with E-state index in [-0.39, 0.29) is 29.1 Å². The fourth-order valence-electron chi connectivity index (χ4n) is 2.40. The van der Waals surface area contributed by atoms with E-state index in [0.717, 1.165) is 17.4 Å². The highest BCUT2D eigenvalue weighted by atomic mass is 32.2. The monoisotopic (exact) mass is 349 g/mol. The maximum atomic E-state index is 12.9. The summed E-state index contributed by atoms with van der Waals surface area (Å²) >= 11 is 0. The van der Waals surface area contributed by atoms with E-state index in [2.05, 4.69) is 5.32 Å². The minimum absolute atomic E-state index is 0.165. The van der Waals surface area contributed by atoms with Crippen molar-refractivity contribution in [3.63, 3.8) is 0 Å². The molecule has 1 N–H and O–H groups in total. The lowest BCUT2D eigenvalue weighted by Gasteiger charge is -2.18. The van der Waals surface area contributed by atoms with E-state index in [1.807, 2.05) is 6.92 Å². The van der Waals surface area contributed by atoms with Gasteiger partial charge in [-0.15, -0.1) is 0 Å². The first-order valence-corrected chi connectivity index (χ1v) is 9.52. The van der Waals surface area contributed by atoms with Crippen LogP contribution in [0, 0.1) is 5.82 Å². The molecule has 1 atom stereocenters. The predicted molar refractivity (Wildman–Crippen MR) is 90.8 cm³/mol. The van der Waals surface area contributed by atoms with Crippen LogP contribution < -0.4 is 5.32 Å². The SMILES string of the molecule is CC[C@@H](NC(=O)Cc1ccc(F)cc1)c1ccc(S(C)(=O)=O)cc1. The Labute approximate surface area is 141 Å². The molecule has 2 aromatic rings. The molecule has 128 valence electrons. The maximum absolute atomic E-state index is 12.9. The molecule has 0 bridgehead atoms. The number of amides is 1. The summed E-state index contributed by atoms with van der Waals surface area (Å²) in [6.45, 7) is 1.94. The van der Waals surface area contributed by atoms with Crippen molar-refractivity contribution in [3.8, 4) is 0 Å². The van der Waals surface area contributed by atoms with Gasteiger partial charge in [-0.25, -0.2) is 12.8 Å². The summed E-state index contributed by atoms with van der Waals surface area (Å²) in [6, 6.07) is 12.1. The fraction of sp³-hybridized carbons (Fsp3) is 0.278. The van der Waals surface area contributed by atoms with E-state index in [9.17, 15) is 17.6 Å². The first kappa shape index (κ1) is 18.1. The Morgan fingerprint density at radius 1 is 1.08 bits per heavy atom. The topological polar surface area (TPSA) is 63.2 Å². The highest BCUT2D eigenvalue weighted by molar-refractivity contribution is 7.90. The average molecular weight is 349 g/mol. The summed E-state index contributed by atoms with van der Waals surface area (Å²) in [4.78, 5) is 12.4. The molecule has 0 spiro atoms. The van der Waals surface area contributed by atoms with Crippen LogP contribution in [0.25, 0.3) is 0 Å². The van der Waals surface area contributed by atoms with Gasteiger partial charge >= 0.3 is 0 Å². The van der Waals surface area contributed by atoms with Crippen molar-refractivity contribution in [2.45, 2.75) is 30.7 Å². The minimum Gasteiger partial charge on any atom is -0.349 e. The number of halogens is 1. The quantitative estimate of drug-likeness (QED) is 0.872. The van der Waals surface area contributed by atoms with Crippen LogP contribution >= 0.6 is 0 Å². The molecule has 0 saturated carbocycles. The number of rotatable bonds is 6. The molecule has 0 radical (unpaired) electrons. The Morgan fingerprint density at radius 3 is 2.17 bits per heavy atom. The first-order chi connectivity index (χ1) is 11.3. The molecule has 6 heteroatoms. The molecule has 0 aliphatic rings. The third-order valence-electron chi connectivity index (χ3n) is 3.73. The molecule has 0 unspecified atom stereocenters. The fourth-order valence-corrected chi connectivity index (χ4v) is 3.03. The standard InChI is InChI=1S/C18H20FNO3S/c1-3-17(14-6-10-16(11-7-14)24(2,22)23)20-18(21)12-13-4-8-15(19)9-5-13/h4-11,17H,3,12H2,1-2H3,(H,20,21)/t17-/m1/s1. The van der Waals surface area contributed by atoms with Gasteiger partial charge in [-0.2, -0.15) is 0 Å². The molecular formula is C18H20FNO3S. The van der Waals surface area contributed by atoms with E-state index in [4.69, 9.17) is 0 Å². The van der Waals surface area contributed by atoms with Crippen LogP contribution in [-0.2, 0) is 21.1 Å². The number of carbonyl (C=O) groups excluding carboxylic acids is 1. The van der Waals surface area contributed by atoms with Crippen molar-refractivity contribution < 1.29 is 17.6 Å². The molecule has 0 heterocycles. The minimum atomic E-state index is -3.24. The van der Waals surface area contributed by atoms with E-state index >= 15 is 0 Å². The number of benzene rings is 2. The molecule has 1 amide bonds. The Kier molecular flexibility index (Phi) is 5.72. The predicted octanol–water partition coefficient (Wildman–Crippen LogP) is 3.04. The Morgan fingerprint density at radius 2 is 1.67 bits per heavy atom. The molecule has 0 aliphatic heterocycles. The number of nitrogens with one attached hydrogen (secondary N) is 1. The third-order valence-corrected chi connectivity index (χ3v) is 4.86. The van der Waals surface area contributed by atoms with Crippen LogP contribution in [0.3, 0.4) is 0 Å². The van der Waals surface area contributed by atoms with Gasteiger partial charge in [-0.3, -0.25) is 4.79 Å². The number of hydrogen-bond donors (Lipinski definition) is 1. The smallest absolute Gasteiger partial charge is 0.224 e. The van der Waals surface area contributed by atoms with Crippen molar-refractivity contribution in [3.05, 3.63) is 65.5 Å². The highest BCUT2D eigenvalue weighted by Gasteiger charge is 2.14. The molecule has 0 aliphatic carbocycles. The average Bonchev–Trinajstić information content (AvgIpc) is 2.54. The van der Waals surface area contributed by atoms with Crippen molar-refractivity contribution in [2.75, 3.05) is 6.26 Å². The number of sulfone groups is 1. The van der Waals surface area contributed by atoms with Gasteiger partial charge in [0.1, 0.15) is 5.82 Å². The van der Waals surface area contributed by atoms with Gasteiger partial charge in [-0.1, -0.05) is 31.2 Å². The van der Waals surface area contributed by atoms with Crippen molar-refractivity contribution >= 4 is 15.7 Å². The van der Waals surface area contributed by atoms with Gasteiger partial charge in [0.2, 0.25) is 5.91 Å². The summed E-state index contributed by atoms with van der Waals surface area (Å²) in [5.41, 5.74) is 1.58. The zero-order valence-corrected chi connectivity index (χ0v) is 14.4. The molecule has 0 saturated heterocycles. The third kappa shape index (κ3) is 4.89. The van der Waals surface area contributed by atoms with Gasteiger partial charge in [0.25, 0.3) is 0 Å². The normalized spacial score (nSPS) is 12.6. The van der Waals surface area contributed by atoms with E-state index < -0.39 is 9.84 Å². The van der Waals surface area contributed by atoms with E-state index in [1.54, 1.807) is 36.4 Å². The Balaban J connectivity index is 2.05. The summed E-state index contributed by atoms with van der Waals surface area (Å²) in [5.74, 6) is -0.503. The molecular weight excluding hydrogens is 329 g/mol. The van der Waals surface area contributed by atoms with Crippen molar-refractivity contribution in [1.29, 1.82) is 0 Å². The Hall–Kier alpha value is -2.21. The lowest BCUT2D eigenvalue weighted by Crippen LogP contribution is -2.29. The number of hydrogen-bond acceptors (Lipinski definition) is 3. The lowest BCUT2D eigenvalue weighted by molar-refractivity contribution is -0.121. The van der Waals surface area contributed by atoms with Crippen LogP contribution in [0.15, 0.2) is 53.4 Å². The molecule has 0 aromatic heterocycles. The second kappa shape index (κ2) is 7.57. The molecule has 2 aromatic carbocycles. The summed E-state index contributed by atoms with van der Waals surface area (Å²) < 4.78 is 35.9. The zero-order valence-electron chi connectivity index (χ0n) is 13.6. The summed E-state index contributed by atoms with van der Waals surface area (Å²) in [5, 5.41) is 2.92. The Bertz CT molecular complexity index is 799. The van der Waals surface area contributed by atoms with Crippen LogP contribution in [0.1, 0.15) is 30.5 Å². The molecule has 2 rings (SSSR count). The van der Waals surface area contributed by atoms with Crippen LogP contribution in [-0.4, -0.2) is 20.6 Å².